The summed E-state index contributed by atoms with van der Waals surface area (Å²) in [5, 5.41) is 10.0. The topological polar surface area (TPSA) is 71.1 Å². The molecule has 22 heavy (non-hydrogen) atoms. The molecule has 1 atom stereocenters. The zero-order chi connectivity index (χ0) is 15.2. The molecule has 0 aromatic heterocycles. The summed E-state index contributed by atoms with van der Waals surface area (Å²) in [5.74, 6) is 1.98. The first kappa shape index (κ1) is 18.9. The van der Waals surface area contributed by atoms with Crippen molar-refractivity contribution in [2.45, 2.75) is 26.2 Å². The van der Waals surface area contributed by atoms with Gasteiger partial charge in [-0.15, -0.1) is 24.0 Å². The van der Waals surface area contributed by atoms with Crippen LogP contribution in [0.3, 0.4) is 0 Å². The molecule has 2 rings (SSSR count). The molecule has 1 aliphatic heterocycles. The van der Waals surface area contributed by atoms with Crippen LogP contribution in [0.1, 0.15) is 25.3 Å². The molecule has 1 saturated heterocycles. The standard InChI is InChI=1S/C16H25N3O2.HI/c1-12-5-4-10-19(11-12)16(17)18-9-8-13-6-3-7-14(21-2)15(13)20;/h3,6-7,12,20H,4-5,8-11H2,1-2H3,(H2,17,18);1H. The molecular weight excluding hydrogens is 393 g/mol. The Morgan fingerprint density at radius 3 is 2.95 bits per heavy atom. The number of guanidine groups is 1. The molecule has 1 aromatic rings. The number of phenolic OH excluding ortho intramolecular Hbond substituents is 1. The molecule has 124 valence electrons. The number of phenols is 1. The summed E-state index contributed by atoms with van der Waals surface area (Å²) in [6, 6.07) is 5.49. The van der Waals surface area contributed by atoms with Gasteiger partial charge in [0.05, 0.1) is 7.11 Å². The lowest BCUT2D eigenvalue weighted by Gasteiger charge is -2.31. The predicted molar refractivity (Wildman–Crippen MR) is 100 cm³/mol. The van der Waals surface area contributed by atoms with E-state index in [-0.39, 0.29) is 29.7 Å². The third-order valence-electron chi connectivity index (χ3n) is 3.94. The summed E-state index contributed by atoms with van der Waals surface area (Å²) in [6.07, 6.45) is 3.09. The lowest BCUT2D eigenvalue weighted by molar-refractivity contribution is 0.270. The van der Waals surface area contributed by atoms with Gasteiger partial charge in [-0.25, -0.2) is 0 Å². The smallest absolute Gasteiger partial charge is 0.191 e. The van der Waals surface area contributed by atoms with Crippen LogP contribution in [-0.2, 0) is 6.42 Å². The van der Waals surface area contributed by atoms with E-state index in [0.29, 0.717) is 30.6 Å². The van der Waals surface area contributed by atoms with Crippen LogP contribution in [0, 0.1) is 5.92 Å². The second kappa shape index (κ2) is 9.07. The van der Waals surface area contributed by atoms with Crippen LogP contribution >= 0.6 is 24.0 Å². The molecular formula is C16H26IN3O2. The molecule has 3 N–H and O–H groups in total. The maximum Gasteiger partial charge on any atom is 0.191 e. The van der Waals surface area contributed by atoms with E-state index in [1.54, 1.807) is 13.2 Å². The number of likely N-dealkylation sites (tertiary alicyclic amines) is 1. The van der Waals surface area contributed by atoms with Crippen molar-refractivity contribution in [2.24, 2.45) is 16.6 Å². The first-order valence-electron chi connectivity index (χ1n) is 7.51. The number of methoxy groups -OCH3 is 1. The van der Waals surface area contributed by atoms with Crippen molar-refractivity contribution in [1.29, 1.82) is 0 Å². The number of rotatable bonds is 4. The number of aromatic hydroxyl groups is 1. The monoisotopic (exact) mass is 419 g/mol. The van der Waals surface area contributed by atoms with Crippen molar-refractivity contribution in [3.8, 4) is 11.5 Å². The number of para-hydroxylation sites is 1. The molecule has 1 unspecified atom stereocenters. The molecule has 0 amide bonds. The summed E-state index contributed by atoms with van der Waals surface area (Å²) in [5.41, 5.74) is 6.89. The quantitative estimate of drug-likeness (QED) is 0.447. The van der Waals surface area contributed by atoms with Crippen molar-refractivity contribution in [1.82, 2.24) is 4.90 Å². The van der Waals surface area contributed by atoms with Crippen molar-refractivity contribution in [3.05, 3.63) is 23.8 Å². The van der Waals surface area contributed by atoms with Gasteiger partial charge in [0.1, 0.15) is 0 Å². The number of aliphatic imine (C=N–C) groups is 1. The van der Waals surface area contributed by atoms with Gasteiger partial charge in [-0.3, -0.25) is 4.99 Å². The minimum Gasteiger partial charge on any atom is -0.504 e. The molecule has 1 fully saturated rings. The SMILES string of the molecule is COc1cccc(CCN=C(N)N2CCCC(C)C2)c1O.I. The van der Waals surface area contributed by atoms with Gasteiger partial charge in [0.25, 0.3) is 0 Å². The third-order valence-corrected chi connectivity index (χ3v) is 3.94. The number of hydrogen-bond donors (Lipinski definition) is 2. The van der Waals surface area contributed by atoms with Crippen LogP contribution in [0.15, 0.2) is 23.2 Å². The zero-order valence-corrected chi connectivity index (χ0v) is 15.6. The summed E-state index contributed by atoms with van der Waals surface area (Å²) < 4.78 is 5.10. The van der Waals surface area contributed by atoms with E-state index in [9.17, 15) is 5.11 Å². The average molecular weight is 419 g/mol. The third kappa shape index (κ3) is 4.93. The fourth-order valence-electron chi connectivity index (χ4n) is 2.72. The van der Waals surface area contributed by atoms with Gasteiger partial charge in [0.15, 0.2) is 17.5 Å². The van der Waals surface area contributed by atoms with Crippen molar-refractivity contribution < 1.29 is 9.84 Å². The van der Waals surface area contributed by atoms with Crippen LogP contribution in [-0.4, -0.2) is 42.7 Å². The Kier molecular flexibility index (Phi) is 7.78. The minimum atomic E-state index is 0. The number of hydrogen-bond acceptors (Lipinski definition) is 3. The number of halogens is 1. The fourth-order valence-corrected chi connectivity index (χ4v) is 2.72. The number of benzene rings is 1. The number of nitrogens with two attached hydrogens (primary N) is 1. The summed E-state index contributed by atoms with van der Waals surface area (Å²) in [6.45, 7) is 4.79. The van der Waals surface area contributed by atoms with E-state index in [1.165, 1.54) is 12.8 Å². The van der Waals surface area contributed by atoms with Crippen LogP contribution in [0.2, 0.25) is 0 Å². The zero-order valence-electron chi connectivity index (χ0n) is 13.3. The Labute approximate surface area is 149 Å². The molecule has 6 heteroatoms. The van der Waals surface area contributed by atoms with Gasteiger partial charge in [0.2, 0.25) is 0 Å². The lowest BCUT2D eigenvalue weighted by atomic mass is 10.0. The Bertz CT molecular complexity index is 508. The van der Waals surface area contributed by atoms with Gasteiger partial charge in [-0.05, 0) is 36.8 Å². The Morgan fingerprint density at radius 2 is 2.27 bits per heavy atom. The Morgan fingerprint density at radius 1 is 1.50 bits per heavy atom. The molecule has 1 heterocycles. The fraction of sp³-hybridized carbons (Fsp3) is 0.562. The van der Waals surface area contributed by atoms with Crippen LogP contribution < -0.4 is 10.5 Å². The van der Waals surface area contributed by atoms with Crippen molar-refractivity contribution in [3.63, 3.8) is 0 Å². The van der Waals surface area contributed by atoms with Gasteiger partial charge in [0, 0.05) is 19.6 Å². The normalized spacial score (nSPS) is 18.7. The molecule has 1 aliphatic rings. The highest BCUT2D eigenvalue weighted by atomic mass is 127. The van der Waals surface area contributed by atoms with Crippen LogP contribution in [0.25, 0.3) is 0 Å². The Balaban J connectivity index is 0.00000242. The molecule has 5 nitrogen and oxygen atoms in total. The van der Waals surface area contributed by atoms with Crippen LogP contribution in [0.5, 0.6) is 11.5 Å². The van der Waals surface area contributed by atoms with E-state index < -0.39 is 0 Å². The molecule has 0 bridgehead atoms. The Hall–Kier alpha value is -1.18. The second-order valence-corrected chi connectivity index (χ2v) is 5.65. The van der Waals surface area contributed by atoms with E-state index in [4.69, 9.17) is 10.5 Å². The summed E-state index contributed by atoms with van der Waals surface area (Å²) in [7, 11) is 1.55. The van der Waals surface area contributed by atoms with E-state index in [0.717, 1.165) is 18.7 Å². The van der Waals surface area contributed by atoms with Gasteiger partial charge < -0.3 is 20.5 Å². The summed E-state index contributed by atoms with van der Waals surface area (Å²) in [4.78, 5) is 6.59. The minimum absolute atomic E-state index is 0. The van der Waals surface area contributed by atoms with Gasteiger partial charge >= 0.3 is 0 Å². The maximum atomic E-state index is 10.0. The highest BCUT2D eigenvalue weighted by Crippen LogP contribution is 2.29. The van der Waals surface area contributed by atoms with Crippen molar-refractivity contribution in [2.75, 3.05) is 26.7 Å². The largest absolute Gasteiger partial charge is 0.504 e. The number of nitrogens with zero attached hydrogens (tertiary/aromatic N) is 2. The molecule has 0 aliphatic carbocycles. The van der Waals surface area contributed by atoms with E-state index >= 15 is 0 Å². The number of ether oxygens (including phenoxy) is 1. The highest BCUT2D eigenvalue weighted by molar-refractivity contribution is 14.0. The van der Waals surface area contributed by atoms with Crippen LogP contribution in [0.4, 0.5) is 0 Å². The summed E-state index contributed by atoms with van der Waals surface area (Å²) >= 11 is 0. The van der Waals surface area contributed by atoms with Gasteiger partial charge in [-0.2, -0.15) is 0 Å². The lowest BCUT2D eigenvalue weighted by Crippen LogP contribution is -2.43. The van der Waals surface area contributed by atoms with Gasteiger partial charge in [-0.1, -0.05) is 19.1 Å². The highest BCUT2D eigenvalue weighted by Gasteiger charge is 2.17. The van der Waals surface area contributed by atoms with E-state index in [1.807, 2.05) is 12.1 Å². The number of piperidine rings is 1. The molecule has 0 radical (unpaired) electrons. The van der Waals surface area contributed by atoms with Crippen molar-refractivity contribution >= 4 is 29.9 Å². The first-order valence-corrected chi connectivity index (χ1v) is 7.51. The maximum absolute atomic E-state index is 10.0. The second-order valence-electron chi connectivity index (χ2n) is 5.65. The average Bonchev–Trinajstić information content (AvgIpc) is 2.49. The molecule has 0 spiro atoms. The molecule has 0 saturated carbocycles. The first-order chi connectivity index (χ1) is 10.1. The molecule has 1 aromatic carbocycles. The predicted octanol–water partition coefficient (Wildman–Crippen LogP) is 2.61. The van der Waals surface area contributed by atoms with E-state index in [2.05, 4.69) is 16.8 Å².